The van der Waals surface area contributed by atoms with Crippen LogP contribution in [0.5, 0.6) is 5.75 Å². The fourth-order valence-corrected chi connectivity index (χ4v) is 3.44. The molecule has 0 saturated carbocycles. The number of carbonyl (C=O) groups excluding carboxylic acids is 1. The summed E-state index contributed by atoms with van der Waals surface area (Å²) >= 11 is 0. The Balaban J connectivity index is 1.28. The molecule has 0 saturated heterocycles. The van der Waals surface area contributed by atoms with Gasteiger partial charge in [-0.15, -0.1) is 0 Å². The molecule has 0 fully saturated rings. The molecule has 2 aromatic heterocycles. The van der Waals surface area contributed by atoms with Crippen LogP contribution in [0.2, 0.25) is 0 Å². The number of hydrogen-bond donors (Lipinski definition) is 1. The zero-order valence-electron chi connectivity index (χ0n) is 18.1. The predicted octanol–water partition coefficient (Wildman–Crippen LogP) is 6.55. The highest BCUT2D eigenvalue weighted by atomic mass is 19.1. The fourth-order valence-electron chi connectivity index (χ4n) is 3.44. The Kier molecular flexibility index (Phi) is 5.66. The smallest absolute Gasteiger partial charge is 0.248 e. The quantitative estimate of drug-likeness (QED) is 0.294. The average Bonchev–Trinajstić information content (AvgIpc) is 3.50. The van der Waals surface area contributed by atoms with E-state index in [2.05, 4.69) is 10.3 Å². The minimum Gasteiger partial charge on any atom is -0.497 e. The maximum absolute atomic E-state index is 13.1. The summed E-state index contributed by atoms with van der Waals surface area (Å²) < 4.78 is 29.9. The highest BCUT2D eigenvalue weighted by Gasteiger charge is 2.10. The number of nitrogens with zero attached hydrogens (tertiary/aromatic N) is 1. The molecule has 34 heavy (non-hydrogen) atoms. The monoisotopic (exact) mass is 454 g/mol. The molecule has 0 bridgehead atoms. The Labute approximate surface area is 194 Å². The maximum atomic E-state index is 13.1. The second-order valence-corrected chi connectivity index (χ2v) is 7.46. The van der Waals surface area contributed by atoms with E-state index in [0.29, 0.717) is 39.9 Å². The van der Waals surface area contributed by atoms with Gasteiger partial charge in [-0.2, -0.15) is 0 Å². The normalized spacial score (nSPS) is 11.2. The van der Waals surface area contributed by atoms with Gasteiger partial charge < -0.3 is 18.9 Å². The third kappa shape index (κ3) is 4.59. The molecule has 3 aromatic carbocycles. The Bertz CT molecular complexity index is 1500. The molecule has 2 heterocycles. The van der Waals surface area contributed by atoms with E-state index in [9.17, 15) is 9.18 Å². The summed E-state index contributed by atoms with van der Waals surface area (Å²) in [4.78, 5) is 16.9. The molecule has 0 spiro atoms. The van der Waals surface area contributed by atoms with Crippen molar-refractivity contribution in [2.45, 2.75) is 0 Å². The number of halogens is 1. The number of anilines is 1. The van der Waals surface area contributed by atoms with Gasteiger partial charge in [-0.25, -0.2) is 9.37 Å². The number of nitrogens with one attached hydrogen (secondary N) is 1. The number of aromatic nitrogens is 1. The molecule has 6 nitrogen and oxygen atoms in total. The Morgan fingerprint density at radius 2 is 1.82 bits per heavy atom. The van der Waals surface area contributed by atoms with Crippen molar-refractivity contribution in [2.75, 3.05) is 12.4 Å². The molecular weight excluding hydrogens is 435 g/mol. The van der Waals surface area contributed by atoms with Crippen molar-refractivity contribution >= 4 is 28.8 Å². The third-order valence-electron chi connectivity index (χ3n) is 5.13. The molecule has 5 aromatic rings. The van der Waals surface area contributed by atoms with Crippen LogP contribution in [-0.2, 0) is 4.79 Å². The summed E-state index contributed by atoms with van der Waals surface area (Å²) in [6.45, 7) is 0. The molecule has 0 unspecified atom stereocenters. The van der Waals surface area contributed by atoms with E-state index >= 15 is 0 Å². The summed E-state index contributed by atoms with van der Waals surface area (Å²) in [5.41, 5.74) is 3.35. The minimum absolute atomic E-state index is 0.313. The van der Waals surface area contributed by atoms with Crippen LogP contribution in [0.4, 0.5) is 10.1 Å². The van der Waals surface area contributed by atoms with Gasteiger partial charge in [0.05, 0.1) is 7.11 Å². The van der Waals surface area contributed by atoms with Crippen LogP contribution < -0.4 is 10.1 Å². The number of oxazole rings is 1. The summed E-state index contributed by atoms with van der Waals surface area (Å²) in [5.74, 6) is 1.63. The standard InChI is InChI=1S/C27H19FN2O4/c1-32-22-4-2-3-18(15-22)27-30-23-16-20(9-12-25(23)34-27)29-26(31)14-11-21-10-13-24(33-21)17-5-7-19(28)8-6-17/h2-16H,1H3,(H,29,31)/b14-11+. The lowest BCUT2D eigenvalue weighted by molar-refractivity contribution is -0.111. The molecule has 5 rings (SSSR count). The van der Waals surface area contributed by atoms with Crippen molar-refractivity contribution in [3.05, 3.63) is 96.5 Å². The number of furan rings is 1. The largest absolute Gasteiger partial charge is 0.497 e. The van der Waals surface area contributed by atoms with Crippen LogP contribution >= 0.6 is 0 Å². The van der Waals surface area contributed by atoms with Crippen LogP contribution in [-0.4, -0.2) is 18.0 Å². The van der Waals surface area contributed by atoms with E-state index in [1.165, 1.54) is 18.2 Å². The van der Waals surface area contributed by atoms with Gasteiger partial charge in [-0.1, -0.05) is 6.07 Å². The SMILES string of the molecule is COc1cccc(-c2nc3cc(NC(=O)/C=C/c4ccc(-c5ccc(F)cc5)o4)ccc3o2)c1. The van der Waals surface area contributed by atoms with Gasteiger partial charge in [-0.3, -0.25) is 4.79 Å². The second-order valence-electron chi connectivity index (χ2n) is 7.46. The summed E-state index contributed by atoms with van der Waals surface area (Å²) in [6, 6.07) is 22.2. The molecule has 0 aliphatic rings. The van der Waals surface area contributed by atoms with Gasteiger partial charge in [0.1, 0.15) is 28.6 Å². The summed E-state index contributed by atoms with van der Waals surface area (Å²) in [7, 11) is 1.60. The third-order valence-corrected chi connectivity index (χ3v) is 5.13. The molecule has 168 valence electrons. The average molecular weight is 454 g/mol. The van der Waals surface area contributed by atoms with Crippen LogP contribution in [0.15, 0.2) is 93.8 Å². The van der Waals surface area contributed by atoms with Gasteiger partial charge in [0.25, 0.3) is 0 Å². The molecule has 1 N–H and O–H groups in total. The number of carbonyl (C=O) groups is 1. The number of benzene rings is 3. The minimum atomic E-state index is -0.324. The molecule has 1 amide bonds. The van der Waals surface area contributed by atoms with Crippen LogP contribution in [0.1, 0.15) is 5.76 Å². The van der Waals surface area contributed by atoms with Gasteiger partial charge >= 0.3 is 0 Å². The molecular formula is C27H19FN2O4. The van der Waals surface area contributed by atoms with Crippen LogP contribution in [0.3, 0.4) is 0 Å². The van der Waals surface area contributed by atoms with Crippen LogP contribution in [0, 0.1) is 5.82 Å². The van der Waals surface area contributed by atoms with Gasteiger partial charge in [0, 0.05) is 22.9 Å². The molecule has 0 radical (unpaired) electrons. The highest BCUT2D eigenvalue weighted by molar-refractivity contribution is 6.02. The maximum Gasteiger partial charge on any atom is 0.248 e. The number of rotatable bonds is 6. The van der Waals surface area contributed by atoms with Crippen molar-refractivity contribution in [1.82, 2.24) is 4.98 Å². The second kappa shape index (κ2) is 9.07. The number of ether oxygens (including phenoxy) is 1. The van der Waals surface area contributed by atoms with Crippen LogP contribution in [0.25, 0.3) is 40.0 Å². The van der Waals surface area contributed by atoms with E-state index < -0.39 is 0 Å². The summed E-state index contributed by atoms with van der Waals surface area (Å²) in [5, 5.41) is 2.81. The number of hydrogen-bond acceptors (Lipinski definition) is 5. The van der Waals surface area contributed by atoms with Crippen molar-refractivity contribution in [3.8, 4) is 28.5 Å². The number of fused-ring (bicyclic) bond motifs is 1. The van der Waals surface area contributed by atoms with E-state index in [4.69, 9.17) is 13.6 Å². The fraction of sp³-hybridized carbons (Fsp3) is 0.0370. The van der Waals surface area contributed by atoms with E-state index in [-0.39, 0.29) is 11.7 Å². The number of methoxy groups -OCH3 is 1. The Hall–Kier alpha value is -4.65. The zero-order chi connectivity index (χ0) is 23.5. The topological polar surface area (TPSA) is 77.5 Å². The lowest BCUT2D eigenvalue weighted by Crippen LogP contribution is -2.07. The van der Waals surface area contributed by atoms with Gasteiger partial charge in [-0.05, 0) is 78.9 Å². The first-order chi connectivity index (χ1) is 16.6. The number of amides is 1. The molecule has 7 heteroatoms. The van der Waals surface area contributed by atoms with E-state index in [1.807, 2.05) is 24.3 Å². The first-order valence-corrected chi connectivity index (χ1v) is 10.5. The highest BCUT2D eigenvalue weighted by Crippen LogP contribution is 2.28. The Morgan fingerprint density at radius 3 is 2.65 bits per heavy atom. The molecule has 0 atom stereocenters. The van der Waals surface area contributed by atoms with Gasteiger partial charge in [0.2, 0.25) is 11.8 Å². The lowest BCUT2D eigenvalue weighted by Gasteiger charge is -2.00. The first kappa shape index (κ1) is 21.2. The molecule has 0 aliphatic heterocycles. The van der Waals surface area contributed by atoms with Gasteiger partial charge in [0.15, 0.2) is 5.58 Å². The molecule has 0 aliphatic carbocycles. The van der Waals surface area contributed by atoms with Crippen molar-refractivity contribution in [3.63, 3.8) is 0 Å². The Morgan fingerprint density at radius 1 is 0.971 bits per heavy atom. The lowest BCUT2D eigenvalue weighted by atomic mass is 10.2. The first-order valence-electron chi connectivity index (χ1n) is 10.5. The van der Waals surface area contributed by atoms with Crippen molar-refractivity contribution in [2.24, 2.45) is 0 Å². The predicted molar refractivity (Wildman–Crippen MR) is 128 cm³/mol. The summed E-state index contributed by atoms with van der Waals surface area (Å²) in [6.07, 6.45) is 2.94. The zero-order valence-corrected chi connectivity index (χ0v) is 18.1. The van der Waals surface area contributed by atoms with E-state index in [1.54, 1.807) is 55.7 Å². The van der Waals surface area contributed by atoms with E-state index in [0.717, 1.165) is 11.1 Å². The van der Waals surface area contributed by atoms with Crippen molar-refractivity contribution in [1.29, 1.82) is 0 Å². The van der Waals surface area contributed by atoms with Crippen molar-refractivity contribution < 1.29 is 22.8 Å².